The van der Waals surface area contributed by atoms with E-state index in [-0.39, 0.29) is 18.2 Å². The SMILES string of the molecule is Cc1ccc(CC(NC(=O)CCN2CCCC2=O)B(O)O)cc1C. The summed E-state index contributed by atoms with van der Waals surface area (Å²) in [4.78, 5) is 25.3. The first-order chi connectivity index (χ1) is 11.4. The molecule has 0 saturated carbocycles. The highest BCUT2D eigenvalue weighted by Gasteiger charge is 2.26. The highest BCUT2D eigenvalue weighted by molar-refractivity contribution is 6.43. The number of benzene rings is 1. The fourth-order valence-electron chi connectivity index (χ4n) is 2.87. The van der Waals surface area contributed by atoms with Crippen LogP contribution < -0.4 is 5.32 Å². The average molecular weight is 332 g/mol. The lowest BCUT2D eigenvalue weighted by molar-refractivity contribution is -0.128. The summed E-state index contributed by atoms with van der Waals surface area (Å²) >= 11 is 0. The van der Waals surface area contributed by atoms with Gasteiger partial charge >= 0.3 is 7.12 Å². The van der Waals surface area contributed by atoms with Crippen LogP contribution in [0.2, 0.25) is 0 Å². The molecule has 2 amide bonds. The minimum Gasteiger partial charge on any atom is -0.426 e. The van der Waals surface area contributed by atoms with Crippen LogP contribution in [0.15, 0.2) is 18.2 Å². The molecule has 0 aromatic heterocycles. The fraction of sp³-hybridized carbons (Fsp3) is 0.529. The Morgan fingerprint density at radius 3 is 2.67 bits per heavy atom. The molecule has 0 bridgehead atoms. The lowest BCUT2D eigenvalue weighted by Crippen LogP contribution is -2.48. The predicted octanol–water partition coefficient (Wildman–Crippen LogP) is 0.355. The van der Waals surface area contributed by atoms with Crippen LogP contribution in [0.1, 0.15) is 36.0 Å². The molecular formula is C17H25BN2O4. The van der Waals surface area contributed by atoms with Gasteiger partial charge in [-0.2, -0.15) is 0 Å². The van der Waals surface area contributed by atoms with Crippen LogP contribution in [-0.2, 0) is 16.0 Å². The summed E-state index contributed by atoms with van der Waals surface area (Å²) in [6.07, 6.45) is 1.90. The minimum atomic E-state index is -1.64. The van der Waals surface area contributed by atoms with Gasteiger partial charge in [0.25, 0.3) is 0 Å². The number of carbonyl (C=O) groups excluding carboxylic acids is 2. The number of hydrogen-bond donors (Lipinski definition) is 3. The summed E-state index contributed by atoms with van der Waals surface area (Å²) in [7, 11) is -1.64. The molecule has 1 aliphatic rings. The molecule has 1 atom stereocenters. The molecule has 1 aromatic rings. The average Bonchev–Trinajstić information content (AvgIpc) is 2.93. The number of likely N-dealkylation sites (tertiary alicyclic amines) is 1. The Bertz CT molecular complexity index is 606. The second-order valence-corrected chi connectivity index (χ2v) is 6.44. The molecule has 1 fully saturated rings. The summed E-state index contributed by atoms with van der Waals surface area (Å²) in [6.45, 7) is 5.08. The highest BCUT2D eigenvalue weighted by atomic mass is 16.4. The molecule has 1 unspecified atom stereocenters. The summed E-state index contributed by atoms with van der Waals surface area (Å²) in [6, 6.07) is 5.89. The number of hydrogen-bond acceptors (Lipinski definition) is 4. The van der Waals surface area contributed by atoms with Gasteiger partial charge in [0.1, 0.15) is 0 Å². The zero-order valence-corrected chi connectivity index (χ0v) is 14.3. The molecule has 24 heavy (non-hydrogen) atoms. The molecule has 1 heterocycles. The van der Waals surface area contributed by atoms with Gasteiger partial charge in [0, 0.05) is 25.9 Å². The molecule has 0 aliphatic carbocycles. The zero-order chi connectivity index (χ0) is 17.7. The maximum absolute atomic E-state index is 12.1. The monoisotopic (exact) mass is 332 g/mol. The Balaban J connectivity index is 1.88. The first kappa shape index (κ1) is 18.5. The minimum absolute atomic E-state index is 0.0803. The van der Waals surface area contributed by atoms with E-state index >= 15 is 0 Å². The Morgan fingerprint density at radius 1 is 1.33 bits per heavy atom. The summed E-state index contributed by atoms with van der Waals surface area (Å²) < 4.78 is 0. The van der Waals surface area contributed by atoms with Crippen molar-refractivity contribution in [1.82, 2.24) is 10.2 Å². The number of nitrogens with zero attached hydrogens (tertiary/aromatic N) is 1. The van der Waals surface area contributed by atoms with Crippen LogP contribution >= 0.6 is 0 Å². The number of carbonyl (C=O) groups is 2. The Labute approximate surface area is 143 Å². The molecule has 6 nitrogen and oxygen atoms in total. The van der Waals surface area contributed by atoms with Crippen LogP contribution in [0.5, 0.6) is 0 Å². The van der Waals surface area contributed by atoms with E-state index in [1.165, 1.54) is 5.56 Å². The molecule has 3 N–H and O–H groups in total. The summed E-state index contributed by atoms with van der Waals surface area (Å²) in [5.41, 5.74) is 3.22. The van der Waals surface area contributed by atoms with E-state index in [9.17, 15) is 19.6 Å². The van der Waals surface area contributed by atoms with E-state index in [4.69, 9.17) is 0 Å². The molecular weight excluding hydrogens is 307 g/mol. The molecule has 1 saturated heterocycles. The van der Waals surface area contributed by atoms with Crippen LogP contribution in [0.4, 0.5) is 0 Å². The van der Waals surface area contributed by atoms with E-state index in [1.807, 2.05) is 32.0 Å². The van der Waals surface area contributed by atoms with Crippen molar-refractivity contribution < 1.29 is 19.6 Å². The van der Waals surface area contributed by atoms with E-state index in [0.717, 1.165) is 17.5 Å². The number of rotatable bonds is 7. The molecule has 0 radical (unpaired) electrons. The van der Waals surface area contributed by atoms with E-state index in [1.54, 1.807) is 4.90 Å². The second-order valence-electron chi connectivity index (χ2n) is 6.44. The van der Waals surface area contributed by atoms with Gasteiger partial charge < -0.3 is 20.3 Å². The molecule has 1 aliphatic heterocycles. The highest BCUT2D eigenvalue weighted by Crippen LogP contribution is 2.13. The van der Waals surface area contributed by atoms with Gasteiger partial charge in [-0.15, -0.1) is 0 Å². The second kappa shape index (κ2) is 8.30. The molecule has 130 valence electrons. The van der Waals surface area contributed by atoms with Gasteiger partial charge in [-0.05, 0) is 43.4 Å². The van der Waals surface area contributed by atoms with Gasteiger partial charge in [-0.3, -0.25) is 9.59 Å². The first-order valence-electron chi connectivity index (χ1n) is 8.36. The van der Waals surface area contributed by atoms with Gasteiger partial charge in [0.2, 0.25) is 11.8 Å². The van der Waals surface area contributed by atoms with E-state index in [0.29, 0.717) is 25.9 Å². The summed E-state index contributed by atoms with van der Waals surface area (Å²) in [5, 5.41) is 21.7. The lowest BCUT2D eigenvalue weighted by Gasteiger charge is -2.20. The third kappa shape index (κ3) is 5.07. The molecule has 7 heteroatoms. The number of aryl methyl sites for hydroxylation is 2. The van der Waals surface area contributed by atoms with Gasteiger partial charge in [0.05, 0.1) is 5.94 Å². The van der Waals surface area contributed by atoms with Crippen molar-refractivity contribution in [3.8, 4) is 0 Å². The Kier molecular flexibility index (Phi) is 6.40. The standard InChI is InChI=1S/C17H25BN2O4/c1-12-5-6-14(10-13(12)2)11-15(18(23)24)19-16(21)7-9-20-8-3-4-17(20)22/h5-6,10,15,23-24H,3-4,7-9,11H2,1-2H3,(H,19,21). The summed E-state index contributed by atoms with van der Waals surface area (Å²) in [5.74, 6) is -0.970. The van der Waals surface area contributed by atoms with Crippen molar-refractivity contribution in [2.24, 2.45) is 0 Å². The van der Waals surface area contributed by atoms with Crippen molar-refractivity contribution in [2.45, 2.75) is 45.5 Å². The predicted molar refractivity (Wildman–Crippen MR) is 92.2 cm³/mol. The van der Waals surface area contributed by atoms with Gasteiger partial charge in [-0.1, -0.05) is 18.2 Å². The number of nitrogens with one attached hydrogen (secondary N) is 1. The van der Waals surface area contributed by atoms with Crippen molar-refractivity contribution in [2.75, 3.05) is 13.1 Å². The quantitative estimate of drug-likeness (QED) is 0.629. The largest absolute Gasteiger partial charge is 0.475 e. The maximum Gasteiger partial charge on any atom is 0.475 e. The zero-order valence-electron chi connectivity index (χ0n) is 14.3. The lowest BCUT2D eigenvalue weighted by atomic mass is 9.75. The Hall–Kier alpha value is -1.86. The van der Waals surface area contributed by atoms with E-state index in [2.05, 4.69) is 5.32 Å². The molecule has 0 spiro atoms. The third-order valence-corrected chi connectivity index (χ3v) is 4.51. The van der Waals surface area contributed by atoms with Crippen molar-refractivity contribution in [3.05, 3.63) is 34.9 Å². The smallest absolute Gasteiger partial charge is 0.426 e. The van der Waals surface area contributed by atoms with Crippen LogP contribution in [0.3, 0.4) is 0 Å². The molecule has 1 aromatic carbocycles. The van der Waals surface area contributed by atoms with Crippen molar-refractivity contribution >= 4 is 18.9 Å². The van der Waals surface area contributed by atoms with Crippen LogP contribution in [-0.4, -0.2) is 52.9 Å². The maximum atomic E-state index is 12.1. The van der Waals surface area contributed by atoms with E-state index < -0.39 is 13.1 Å². The Morgan fingerprint density at radius 2 is 2.08 bits per heavy atom. The first-order valence-corrected chi connectivity index (χ1v) is 8.36. The van der Waals surface area contributed by atoms with Gasteiger partial charge in [0.15, 0.2) is 0 Å². The molecule has 2 rings (SSSR count). The normalized spacial score (nSPS) is 15.5. The fourth-order valence-corrected chi connectivity index (χ4v) is 2.87. The van der Waals surface area contributed by atoms with Crippen LogP contribution in [0.25, 0.3) is 0 Å². The van der Waals surface area contributed by atoms with Crippen molar-refractivity contribution in [1.29, 1.82) is 0 Å². The van der Waals surface area contributed by atoms with Gasteiger partial charge in [-0.25, -0.2) is 0 Å². The topological polar surface area (TPSA) is 89.9 Å². The van der Waals surface area contributed by atoms with Crippen molar-refractivity contribution in [3.63, 3.8) is 0 Å². The third-order valence-electron chi connectivity index (χ3n) is 4.51. The van der Waals surface area contributed by atoms with Crippen LogP contribution in [0, 0.1) is 13.8 Å². The number of amides is 2.